The fourth-order valence-electron chi connectivity index (χ4n) is 19.8. The number of halogens is 8. The molecular weight excluding hydrogens is 1720 g/mol. The Balaban J connectivity index is 0.000000187. The number of ether oxygens (including phenoxy) is 4. The molecule has 4 fully saturated rings. The van der Waals surface area contributed by atoms with Gasteiger partial charge in [0, 0.05) is 64.3 Å². The zero-order chi connectivity index (χ0) is 91.0. The third kappa shape index (κ3) is 27.9. The van der Waals surface area contributed by atoms with Crippen molar-refractivity contribution in [2.24, 2.45) is 45.3 Å². The van der Waals surface area contributed by atoms with Crippen molar-refractivity contribution in [3.63, 3.8) is 0 Å². The first-order valence-corrected chi connectivity index (χ1v) is 47.2. The molecule has 20 heteroatoms. The monoisotopic (exact) mass is 1840 g/mol. The Kier molecular flexibility index (Phi) is 37.2. The predicted molar refractivity (Wildman–Crippen MR) is 514 cm³/mol. The molecule has 0 bridgehead atoms. The second kappa shape index (κ2) is 45.4. The fraction of sp³-hybridized carbons (Fsp3) is 0.500. The van der Waals surface area contributed by atoms with Crippen LogP contribution in [0.15, 0.2) is 194 Å². The molecule has 0 unspecified atom stereocenters. The van der Waals surface area contributed by atoms with Gasteiger partial charge in [-0.05, 0) is 238 Å². The highest BCUT2D eigenvalue weighted by Gasteiger charge is 2.49. The van der Waals surface area contributed by atoms with Gasteiger partial charge in [0.1, 0.15) is 50.8 Å². The summed E-state index contributed by atoms with van der Waals surface area (Å²) in [5.41, 5.74) is 8.71. The first-order chi connectivity index (χ1) is 58.4. The molecule has 0 spiro atoms. The second-order valence-electron chi connectivity index (χ2n) is 39.2. The van der Waals surface area contributed by atoms with Gasteiger partial charge in [-0.25, -0.2) is 0 Å². The molecule has 4 heterocycles. The number of hydrogen-bond acceptors (Lipinski definition) is 8. The van der Waals surface area contributed by atoms with E-state index >= 15 is 0 Å². The number of carbonyl (C=O) groups excluding carboxylic acids is 4. The second-order valence-corrected chi connectivity index (χ2v) is 42.7. The van der Waals surface area contributed by atoms with Crippen molar-refractivity contribution in [3.8, 4) is 0 Å². The van der Waals surface area contributed by atoms with Crippen LogP contribution in [0.25, 0.3) is 0 Å². The van der Waals surface area contributed by atoms with Crippen LogP contribution in [-0.4, -0.2) is 93.8 Å². The minimum Gasteiger partial charge on any atom is -0.361 e. The maximum Gasteiger partial charge on any atom is 0.249 e. The molecule has 4 amide bonds. The summed E-state index contributed by atoms with van der Waals surface area (Å²) < 4.78 is 24.6. The summed E-state index contributed by atoms with van der Waals surface area (Å²) in [5, 5.41) is 5.33. The van der Waals surface area contributed by atoms with Crippen LogP contribution in [0, 0.1) is 45.3 Å². The van der Waals surface area contributed by atoms with Crippen LogP contribution in [0.1, 0.15) is 283 Å². The Morgan fingerprint density at radius 2 is 0.435 bits per heavy atom. The van der Waals surface area contributed by atoms with Crippen LogP contribution in [0.2, 0.25) is 40.2 Å². The number of morpholine rings is 4. The highest BCUT2D eigenvalue weighted by Crippen LogP contribution is 2.51. The maximum atomic E-state index is 13.3. The Hall–Kier alpha value is -6.20. The van der Waals surface area contributed by atoms with E-state index in [2.05, 4.69) is 158 Å². The van der Waals surface area contributed by atoms with Gasteiger partial charge in [0.25, 0.3) is 0 Å². The summed E-state index contributed by atoms with van der Waals surface area (Å²) in [6, 6.07) is 61.4. The summed E-state index contributed by atoms with van der Waals surface area (Å²) in [4.78, 5) is 61.5. The van der Waals surface area contributed by atoms with Gasteiger partial charge in [0.15, 0.2) is 0 Å². The van der Waals surface area contributed by atoms with Crippen molar-refractivity contribution in [2.45, 2.75) is 263 Å². The van der Waals surface area contributed by atoms with Gasteiger partial charge >= 0.3 is 0 Å². The number of benzene rings is 8. The molecule has 4 aliphatic heterocycles. The van der Waals surface area contributed by atoms with Crippen molar-refractivity contribution < 1.29 is 38.1 Å². The van der Waals surface area contributed by atoms with Crippen LogP contribution in [-0.2, 0) is 38.1 Å². The Bertz CT molecular complexity index is 4160. The summed E-state index contributed by atoms with van der Waals surface area (Å²) in [7, 11) is 0. The van der Waals surface area contributed by atoms with Crippen molar-refractivity contribution in [1.82, 2.24) is 19.6 Å². The largest absolute Gasteiger partial charge is 0.361 e. The molecule has 124 heavy (non-hydrogen) atoms. The van der Waals surface area contributed by atoms with Gasteiger partial charge in [-0.15, -0.1) is 0 Å². The highest BCUT2D eigenvalue weighted by atomic mass is 35.5. The smallest absolute Gasteiger partial charge is 0.249 e. The average molecular weight is 1850 g/mol. The van der Waals surface area contributed by atoms with Crippen LogP contribution >= 0.6 is 92.8 Å². The molecule has 4 aliphatic rings. The maximum absolute atomic E-state index is 13.3. The Morgan fingerprint density at radius 1 is 0.266 bits per heavy atom. The van der Waals surface area contributed by atoms with Crippen molar-refractivity contribution in [1.29, 1.82) is 0 Å². The molecule has 8 aromatic carbocycles. The lowest BCUT2D eigenvalue weighted by atomic mass is 9.79. The van der Waals surface area contributed by atoms with Crippen LogP contribution in [0.4, 0.5) is 0 Å². The molecule has 8 aromatic rings. The van der Waals surface area contributed by atoms with Crippen molar-refractivity contribution >= 4 is 116 Å². The van der Waals surface area contributed by atoms with E-state index in [1.54, 1.807) is 0 Å². The molecule has 16 atom stereocenters. The van der Waals surface area contributed by atoms with E-state index in [4.69, 9.17) is 112 Å². The van der Waals surface area contributed by atoms with E-state index in [0.29, 0.717) is 63.9 Å². The lowest BCUT2D eigenvalue weighted by Gasteiger charge is -2.48. The minimum absolute atomic E-state index is 0.0332. The fourth-order valence-corrected chi connectivity index (χ4v) is 21.1. The molecule has 0 aromatic heterocycles. The minimum atomic E-state index is -0.298. The van der Waals surface area contributed by atoms with Gasteiger partial charge < -0.3 is 38.5 Å². The quantitative estimate of drug-likeness (QED) is 0.0587. The standard InChI is InChI=1S/4C26H33Cl2NO2/c4*1-6-22(17(2)15-26(3,4)5)29-23(30)16-31-25(19-8-7-9-21(28)14-19)24(29)18-10-12-20(27)13-11-18/h4*7-14,17,22,24-25H,6,15-16H2,1-5H3/t17-,22+,24+,25+;17-,22+,24-,25-;17-,22-,24+,25+;17-,22-,24-,25-/m0101/s1. The SMILES string of the molecule is CC[C@@H]([C@@H](C)CC(C)(C)C)N1C(=O)CO[C@H](c2cccc(Cl)c2)[C@H]1c1ccc(Cl)cc1.CC[C@@H]([C@H](C)CC(C)(C)C)N1C(=O)CO[C@H](c2cccc(Cl)c2)[C@H]1c1ccc(Cl)cc1.CC[C@H]([C@@H](C)CC(C)(C)C)N1C(=O)CO[C@H](c2cccc(Cl)c2)[C@H]1c1ccc(Cl)cc1.CC[C@H]([C@H](C)CC(C)(C)C)N1C(=O)CO[C@H](c2cccc(Cl)c2)[C@H]1c1ccc(Cl)cc1. The molecule has 12 rings (SSSR count). The highest BCUT2D eigenvalue weighted by molar-refractivity contribution is 6.32. The summed E-state index contributed by atoms with van der Waals surface area (Å²) in [5.74, 6) is 1.53. The lowest BCUT2D eigenvalue weighted by Crippen LogP contribution is -2.53. The number of rotatable bonds is 24. The van der Waals surface area contributed by atoms with Crippen LogP contribution in [0.5, 0.6) is 0 Å². The third-order valence-electron chi connectivity index (χ3n) is 24.1. The zero-order valence-corrected chi connectivity index (χ0v) is 82.3. The number of hydrogen-bond donors (Lipinski definition) is 0. The first kappa shape index (κ1) is 102. The molecule has 4 saturated heterocycles. The molecule has 0 radical (unpaired) electrons. The number of nitrogens with zero attached hydrogens (tertiary/aromatic N) is 4. The third-order valence-corrected chi connectivity index (χ3v) is 26.0. The van der Waals surface area contributed by atoms with Gasteiger partial charge in [0.05, 0.1) is 24.2 Å². The van der Waals surface area contributed by atoms with Crippen LogP contribution in [0.3, 0.4) is 0 Å². The zero-order valence-electron chi connectivity index (χ0n) is 76.3. The van der Waals surface area contributed by atoms with E-state index in [9.17, 15) is 19.2 Å². The van der Waals surface area contributed by atoms with E-state index in [-0.39, 0.29) is 144 Å². The summed E-state index contributed by atoms with van der Waals surface area (Å²) in [6.45, 7) is 45.0. The molecule has 0 aliphatic carbocycles. The van der Waals surface area contributed by atoms with Gasteiger partial charge in [0.2, 0.25) is 23.6 Å². The normalized spacial score (nSPS) is 21.8. The predicted octanol–water partition coefficient (Wildman–Crippen LogP) is 29.9. The molecular formula is C104H132Cl8N4O8. The summed E-state index contributed by atoms with van der Waals surface area (Å²) >= 11 is 49.9. The van der Waals surface area contributed by atoms with Crippen molar-refractivity contribution in [2.75, 3.05) is 26.4 Å². The van der Waals surface area contributed by atoms with Crippen molar-refractivity contribution in [3.05, 3.63) is 279 Å². The Morgan fingerprint density at radius 3 is 0.581 bits per heavy atom. The molecule has 672 valence electrons. The van der Waals surface area contributed by atoms with E-state index in [1.165, 1.54) is 0 Å². The first-order valence-electron chi connectivity index (χ1n) is 44.2. The number of carbonyl (C=O) groups is 4. The van der Waals surface area contributed by atoms with Crippen LogP contribution < -0.4 is 0 Å². The summed E-state index contributed by atoms with van der Waals surface area (Å²) in [6.07, 6.45) is 6.48. The van der Waals surface area contributed by atoms with E-state index < -0.39 is 0 Å². The molecule has 12 nitrogen and oxygen atoms in total. The molecule has 0 saturated carbocycles. The van der Waals surface area contributed by atoms with Gasteiger partial charge in [-0.2, -0.15) is 0 Å². The van der Waals surface area contributed by atoms with E-state index in [0.717, 1.165) is 95.9 Å². The van der Waals surface area contributed by atoms with Gasteiger partial charge in [-0.3, -0.25) is 19.2 Å². The lowest BCUT2D eigenvalue weighted by molar-refractivity contribution is -0.166. The van der Waals surface area contributed by atoms with Gasteiger partial charge in [-0.1, -0.05) is 328 Å². The van der Waals surface area contributed by atoms with E-state index in [1.807, 2.05) is 194 Å². The molecule has 0 N–H and O–H groups in total. The topological polar surface area (TPSA) is 118 Å². The Labute approximate surface area is 781 Å². The average Bonchev–Trinajstić information content (AvgIpc) is 0.780. The number of amides is 4.